The first-order valence-electron chi connectivity index (χ1n) is 7.15. The van der Waals surface area contributed by atoms with Crippen LogP contribution in [0.15, 0.2) is 35.0 Å². The van der Waals surface area contributed by atoms with Crippen molar-refractivity contribution in [1.82, 2.24) is 4.90 Å². The van der Waals surface area contributed by atoms with Crippen molar-refractivity contribution >= 4 is 11.6 Å². The first kappa shape index (κ1) is 16.9. The highest BCUT2D eigenvalue weighted by atomic mass is 19.3. The predicted molar refractivity (Wildman–Crippen MR) is 83.5 cm³/mol. The summed E-state index contributed by atoms with van der Waals surface area (Å²) in [6.07, 6.45) is -0.838. The lowest BCUT2D eigenvalue weighted by Crippen LogP contribution is -2.31. The fourth-order valence-corrected chi connectivity index (χ4v) is 2.23. The van der Waals surface area contributed by atoms with E-state index in [1.165, 1.54) is 0 Å². The van der Waals surface area contributed by atoms with Crippen LogP contribution in [0.5, 0.6) is 5.75 Å². The van der Waals surface area contributed by atoms with E-state index in [4.69, 9.17) is 10.5 Å². The van der Waals surface area contributed by atoms with Gasteiger partial charge in [-0.3, -0.25) is 9.79 Å². The monoisotopic (exact) mass is 323 g/mol. The smallest absolute Gasteiger partial charge is 0.272 e. The maximum absolute atomic E-state index is 12.2. The molecule has 1 aromatic rings. The summed E-state index contributed by atoms with van der Waals surface area (Å²) in [7, 11) is 0. The Hall–Kier alpha value is -2.44. The average molecular weight is 323 g/mol. The molecule has 2 rings (SSSR count). The maximum atomic E-state index is 12.2. The number of nitrogens with zero attached hydrogens (tertiary/aromatic N) is 2. The van der Waals surface area contributed by atoms with Crippen LogP contribution >= 0.6 is 0 Å². The van der Waals surface area contributed by atoms with Crippen LogP contribution in [0.2, 0.25) is 0 Å². The van der Waals surface area contributed by atoms with E-state index in [-0.39, 0.29) is 5.71 Å². The fourth-order valence-electron chi connectivity index (χ4n) is 2.23. The summed E-state index contributed by atoms with van der Waals surface area (Å²) in [5.41, 5.74) is 8.35. The van der Waals surface area contributed by atoms with Crippen molar-refractivity contribution in [3.05, 3.63) is 41.1 Å². The number of rotatable bonds is 6. The molecular weight excluding hydrogens is 304 g/mol. The van der Waals surface area contributed by atoms with Crippen molar-refractivity contribution < 1.29 is 18.3 Å². The Kier molecular flexibility index (Phi) is 5.31. The molecule has 1 heterocycles. The van der Waals surface area contributed by atoms with Crippen molar-refractivity contribution in [2.24, 2.45) is 10.7 Å². The number of aryl methyl sites for hydroxylation is 1. The molecule has 0 saturated heterocycles. The number of nitrogens with two attached hydrogens (primary N) is 1. The van der Waals surface area contributed by atoms with Crippen molar-refractivity contribution in [2.75, 3.05) is 13.3 Å². The third-order valence-electron chi connectivity index (χ3n) is 3.56. The van der Waals surface area contributed by atoms with Crippen LogP contribution < -0.4 is 10.5 Å². The Bertz CT molecular complexity index is 657. The van der Waals surface area contributed by atoms with E-state index >= 15 is 0 Å². The second kappa shape index (κ2) is 7.21. The lowest BCUT2D eigenvalue weighted by molar-refractivity contribution is -0.111. The van der Waals surface area contributed by atoms with Gasteiger partial charge in [-0.05, 0) is 43.2 Å². The number of primary amides is 1. The molecule has 1 aromatic carbocycles. The molecule has 0 bridgehead atoms. The SMILES string of the molecule is CC1=CC(C(N)=O)=NCN1Cc1ccc(OCC(F)F)cc1C. The number of benzene rings is 1. The lowest BCUT2D eigenvalue weighted by Gasteiger charge is -2.27. The number of halogens is 2. The zero-order valence-electron chi connectivity index (χ0n) is 13.1. The number of ether oxygens (including phenoxy) is 1. The lowest BCUT2D eigenvalue weighted by atomic mass is 10.1. The molecule has 0 fully saturated rings. The second-order valence-electron chi connectivity index (χ2n) is 5.32. The normalized spacial score (nSPS) is 14.6. The van der Waals surface area contributed by atoms with Gasteiger partial charge in [0.1, 0.15) is 24.7 Å². The molecule has 0 aliphatic carbocycles. The summed E-state index contributed by atoms with van der Waals surface area (Å²) in [5.74, 6) is -0.118. The van der Waals surface area contributed by atoms with Gasteiger partial charge in [-0.15, -0.1) is 0 Å². The van der Waals surface area contributed by atoms with E-state index in [1.807, 2.05) is 24.8 Å². The van der Waals surface area contributed by atoms with Crippen LogP contribution in [-0.2, 0) is 11.3 Å². The summed E-state index contributed by atoms with van der Waals surface area (Å²) < 4.78 is 29.3. The molecular formula is C16H19F2N3O2. The molecule has 5 nitrogen and oxygen atoms in total. The van der Waals surface area contributed by atoms with Crippen LogP contribution in [-0.4, -0.2) is 36.2 Å². The Morgan fingerprint density at radius 1 is 1.43 bits per heavy atom. The van der Waals surface area contributed by atoms with Gasteiger partial charge >= 0.3 is 0 Å². The molecule has 0 unspecified atom stereocenters. The van der Waals surface area contributed by atoms with Crippen LogP contribution in [0.3, 0.4) is 0 Å². The quantitative estimate of drug-likeness (QED) is 0.873. The topological polar surface area (TPSA) is 67.9 Å². The number of amides is 1. The van der Waals surface area contributed by atoms with E-state index in [0.717, 1.165) is 16.8 Å². The van der Waals surface area contributed by atoms with Crippen LogP contribution in [0.25, 0.3) is 0 Å². The van der Waals surface area contributed by atoms with Gasteiger partial charge in [0.15, 0.2) is 0 Å². The predicted octanol–water partition coefficient (Wildman–Crippen LogP) is 2.24. The minimum absolute atomic E-state index is 0.270. The number of allylic oxidation sites excluding steroid dienone is 1. The molecule has 0 saturated carbocycles. The Labute approximate surface area is 133 Å². The number of carbonyl (C=O) groups is 1. The van der Waals surface area contributed by atoms with Crippen LogP contribution in [0, 0.1) is 6.92 Å². The van der Waals surface area contributed by atoms with Crippen molar-refractivity contribution in [3.63, 3.8) is 0 Å². The fraction of sp³-hybridized carbons (Fsp3) is 0.375. The van der Waals surface area contributed by atoms with Gasteiger partial charge in [-0.25, -0.2) is 8.78 Å². The highest BCUT2D eigenvalue weighted by Gasteiger charge is 2.16. The third-order valence-corrected chi connectivity index (χ3v) is 3.56. The van der Waals surface area contributed by atoms with Crippen molar-refractivity contribution in [1.29, 1.82) is 0 Å². The molecule has 0 radical (unpaired) electrons. The van der Waals surface area contributed by atoms with E-state index in [0.29, 0.717) is 19.0 Å². The van der Waals surface area contributed by atoms with Gasteiger partial charge in [0.05, 0.1) is 0 Å². The molecule has 1 amide bonds. The first-order chi connectivity index (χ1) is 10.9. The van der Waals surface area contributed by atoms with Gasteiger partial charge in [0, 0.05) is 12.2 Å². The van der Waals surface area contributed by atoms with E-state index < -0.39 is 18.9 Å². The zero-order chi connectivity index (χ0) is 17.0. The van der Waals surface area contributed by atoms with E-state index in [9.17, 15) is 13.6 Å². The number of alkyl halides is 2. The molecule has 1 aliphatic heterocycles. The third kappa shape index (κ3) is 4.51. The minimum atomic E-state index is -2.49. The standard InChI is InChI=1S/C16H19F2N3O2/c1-10-5-13(23-8-15(17)18)4-3-12(10)7-21-9-20-14(16(19)22)6-11(21)2/h3-6,15H,7-9H2,1-2H3,(H2,19,22). The zero-order valence-corrected chi connectivity index (χ0v) is 13.1. The maximum Gasteiger partial charge on any atom is 0.272 e. The number of hydrogen-bond donors (Lipinski definition) is 1. The van der Waals surface area contributed by atoms with Gasteiger partial charge < -0.3 is 15.4 Å². The molecule has 7 heteroatoms. The largest absolute Gasteiger partial charge is 0.488 e. The second-order valence-corrected chi connectivity index (χ2v) is 5.32. The van der Waals surface area contributed by atoms with Gasteiger partial charge in [0.2, 0.25) is 0 Å². The van der Waals surface area contributed by atoms with Gasteiger partial charge in [0.25, 0.3) is 12.3 Å². The summed E-state index contributed by atoms with van der Waals surface area (Å²) in [6.45, 7) is 4.11. The summed E-state index contributed by atoms with van der Waals surface area (Å²) in [6, 6.07) is 5.25. The Morgan fingerprint density at radius 3 is 2.74 bits per heavy atom. The van der Waals surface area contributed by atoms with Crippen LogP contribution in [0.1, 0.15) is 18.1 Å². The molecule has 2 N–H and O–H groups in total. The van der Waals surface area contributed by atoms with Crippen LogP contribution in [0.4, 0.5) is 8.78 Å². The van der Waals surface area contributed by atoms with Gasteiger partial charge in [-0.2, -0.15) is 0 Å². The first-order valence-corrected chi connectivity index (χ1v) is 7.15. The number of hydrogen-bond acceptors (Lipinski definition) is 4. The summed E-state index contributed by atoms with van der Waals surface area (Å²) in [5, 5.41) is 0. The molecule has 0 aromatic heterocycles. The number of aliphatic imine (C=N–C) groups is 1. The van der Waals surface area contributed by atoms with E-state index in [1.54, 1.807) is 18.2 Å². The Balaban J connectivity index is 2.04. The Morgan fingerprint density at radius 2 is 2.17 bits per heavy atom. The average Bonchev–Trinajstić information content (AvgIpc) is 2.49. The highest BCUT2D eigenvalue weighted by Crippen LogP contribution is 2.21. The summed E-state index contributed by atoms with van der Waals surface area (Å²) >= 11 is 0. The molecule has 0 atom stereocenters. The highest BCUT2D eigenvalue weighted by molar-refractivity contribution is 6.43. The van der Waals surface area contributed by atoms with Crippen molar-refractivity contribution in [3.8, 4) is 5.75 Å². The van der Waals surface area contributed by atoms with Crippen molar-refractivity contribution in [2.45, 2.75) is 26.8 Å². The molecule has 0 spiro atoms. The number of carbonyl (C=O) groups excluding carboxylic acids is 1. The van der Waals surface area contributed by atoms with Gasteiger partial charge in [-0.1, -0.05) is 6.07 Å². The molecule has 23 heavy (non-hydrogen) atoms. The minimum Gasteiger partial charge on any atom is -0.488 e. The van der Waals surface area contributed by atoms with E-state index in [2.05, 4.69) is 4.99 Å². The molecule has 1 aliphatic rings. The summed E-state index contributed by atoms with van der Waals surface area (Å²) in [4.78, 5) is 17.3. The molecule has 124 valence electrons.